The van der Waals surface area contributed by atoms with E-state index in [-0.39, 0.29) is 52.9 Å². The van der Waals surface area contributed by atoms with E-state index in [1.807, 2.05) is 32.6 Å². The van der Waals surface area contributed by atoms with Crippen LogP contribution in [0.4, 0.5) is 13.6 Å². The Kier molecular flexibility index (Phi) is 10.2. The molecule has 242 valence electrons. The molecule has 0 bridgehead atoms. The second-order valence-electron chi connectivity index (χ2n) is 12.8. The van der Waals surface area contributed by atoms with Crippen LogP contribution in [0.25, 0.3) is 11.1 Å². The number of thioether (sulfide) groups is 1. The van der Waals surface area contributed by atoms with Crippen molar-refractivity contribution < 1.29 is 23.0 Å². The highest BCUT2D eigenvalue weighted by Gasteiger charge is 2.33. The van der Waals surface area contributed by atoms with Crippen LogP contribution >= 0.6 is 11.8 Å². The van der Waals surface area contributed by atoms with Gasteiger partial charge in [-0.2, -0.15) is 0 Å². The number of nitrogens with zero attached hydrogens (tertiary/aromatic N) is 2. The molecule has 0 spiro atoms. The van der Waals surface area contributed by atoms with Crippen LogP contribution in [0.15, 0.2) is 52.3 Å². The second kappa shape index (κ2) is 14.0. The van der Waals surface area contributed by atoms with Crippen LogP contribution in [0.3, 0.4) is 0 Å². The summed E-state index contributed by atoms with van der Waals surface area (Å²) in [6.07, 6.45) is 3.74. The molecule has 2 aliphatic heterocycles. The predicted octanol–water partition coefficient (Wildman–Crippen LogP) is 7.12. The van der Waals surface area contributed by atoms with Crippen LogP contribution in [0.1, 0.15) is 69.2 Å². The van der Waals surface area contributed by atoms with Crippen molar-refractivity contribution in [3.8, 4) is 16.9 Å². The van der Waals surface area contributed by atoms with Gasteiger partial charge in [0.15, 0.2) is 11.6 Å². The van der Waals surface area contributed by atoms with Crippen molar-refractivity contribution in [2.75, 3.05) is 32.5 Å². The summed E-state index contributed by atoms with van der Waals surface area (Å²) in [6, 6.07) is 11.3. The summed E-state index contributed by atoms with van der Waals surface area (Å²) in [7, 11) is 1.40. The molecule has 10 heteroatoms. The van der Waals surface area contributed by atoms with Gasteiger partial charge in [0.1, 0.15) is 11.4 Å². The third-order valence-electron chi connectivity index (χ3n) is 8.58. The lowest BCUT2D eigenvalue weighted by atomic mass is 9.94. The number of amides is 1. The fourth-order valence-electron chi connectivity index (χ4n) is 6.34. The molecule has 2 aromatic carbocycles. The van der Waals surface area contributed by atoms with E-state index in [1.54, 1.807) is 46.7 Å². The molecule has 45 heavy (non-hydrogen) atoms. The van der Waals surface area contributed by atoms with E-state index in [4.69, 9.17) is 9.47 Å². The quantitative estimate of drug-likeness (QED) is 0.252. The Hall–Kier alpha value is -3.37. The SMILES string of the molecule is COc1cccc(-c2c(C)c(Cc3ccccc3F)c3n(c2=O)C(CNCCC2CCCCN2C(=O)OC(C)(C)C)CS3)c1F. The number of ether oxygens (including phenoxy) is 2. The fourth-order valence-corrected chi connectivity index (χ4v) is 7.72. The molecule has 0 radical (unpaired) electrons. The van der Waals surface area contributed by atoms with Crippen molar-refractivity contribution in [1.82, 2.24) is 14.8 Å². The molecular formula is C35H43F2N3O4S. The molecule has 3 aromatic rings. The molecule has 2 aliphatic rings. The number of carbonyl (C=O) groups excluding carboxylic acids is 1. The Morgan fingerprint density at radius 2 is 1.87 bits per heavy atom. The first-order valence-electron chi connectivity index (χ1n) is 15.7. The van der Waals surface area contributed by atoms with Gasteiger partial charge in [-0.25, -0.2) is 13.6 Å². The number of hydrogen-bond acceptors (Lipinski definition) is 6. The van der Waals surface area contributed by atoms with E-state index in [2.05, 4.69) is 5.32 Å². The zero-order valence-corrected chi connectivity index (χ0v) is 27.6. The van der Waals surface area contributed by atoms with Gasteiger partial charge in [-0.15, -0.1) is 11.8 Å². The Balaban J connectivity index is 1.41. The van der Waals surface area contributed by atoms with Crippen LogP contribution in [-0.4, -0.2) is 59.7 Å². The van der Waals surface area contributed by atoms with Gasteiger partial charge in [-0.3, -0.25) is 9.36 Å². The number of methoxy groups -OCH3 is 1. The summed E-state index contributed by atoms with van der Waals surface area (Å²) < 4.78 is 43.1. The average Bonchev–Trinajstić information content (AvgIpc) is 3.42. The standard InChI is InChI=1S/C35H43F2N3O4S/c1-22-27(19-23-11-6-7-14-28(23)36)33-40(32(41)30(22)26-13-10-15-29(43-5)31(26)37)25(21-45-33)20-38-17-16-24-12-8-9-18-39(24)34(42)44-35(2,3)4/h6-7,10-11,13-15,24-25,38H,8-9,12,16-21H2,1-5H3. The minimum Gasteiger partial charge on any atom is -0.494 e. The maximum absolute atomic E-state index is 15.6. The minimum atomic E-state index is -0.597. The number of fused-ring (bicyclic) bond motifs is 1. The molecule has 1 amide bonds. The van der Waals surface area contributed by atoms with Gasteiger partial charge in [-0.05, 0) is 88.7 Å². The van der Waals surface area contributed by atoms with E-state index in [9.17, 15) is 14.0 Å². The molecule has 1 aromatic heterocycles. The highest BCUT2D eigenvalue weighted by molar-refractivity contribution is 7.99. The van der Waals surface area contributed by atoms with Crippen molar-refractivity contribution in [2.45, 2.75) is 82.5 Å². The number of halogens is 2. The van der Waals surface area contributed by atoms with Gasteiger partial charge in [0.25, 0.3) is 5.56 Å². The van der Waals surface area contributed by atoms with Crippen molar-refractivity contribution in [2.24, 2.45) is 0 Å². The Bertz CT molecular complexity index is 1600. The summed E-state index contributed by atoms with van der Waals surface area (Å²) in [5, 5.41) is 4.32. The normalized spacial score (nSPS) is 18.2. The Morgan fingerprint density at radius 1 is 1.09 bits per heavy atom. The van der Waals surface area contributed by atoms with Crippen molar-refractivity contribution in [3.63, 3.8) is 0 Å². The summed E-state index contributed by atoms with van der Waals surface area (Å²) in [6.45, 7) is 9.34. The number of likely N-dealkylation sites (tertiary alicyclic amines) is 1. The second-order valence-corrected chi connectivity index (χ2v) is 13.8. The maximum atomic E-state index is 15.6. The molecule has 2 atom stereocenters. The van der Waals surface area contributed by atoms with Gasteiger partial charge in [0, 0.05) is 36.9 Å². The molecular weight excluding hydrogens is 596 g/mol. The van der Waals surface area contributed by atoms with Crippen molar-refractivity contribution in [1.29, 1.82) is 0 Å². The lowest BCUT2D eigenvalue weighted by molar-refractivity contribution is 0.00892. The number of nitrogens with one attached hydrogen (secondary N) is 1. The number of hydrogen-bond donors (Lipinski definition) is 1. The average molecular weight is 640 g/mol. The Morgan fingerprint density at radius 3 is 2.60 bits per heavy atom. The van der Waals surface area contributed by atoms with Gasteiger partial charge in [-0.1, -0.05) is 30.3 Å². The zero-order valence-electron chi connectivity index (χ0n) is 26.8. The van der Waals surface area contributed by atoms with E-state index in [0.29, 0.717) is 36.5 Å². The van der Waals surface area contributed by atoms with Gasteiger partial charge >= 0.3 is 6.09 Å². The minimum absolute atomic E-state index is 0.0585. The van der Waals surface area contributed by atoms with E-state index in [0.717, 1.165) is 36.3 Å². The van der Waals surface area contributed by atoms with Crippen LogP contribution in [0.2, 0.25) is 0 Å². The zero-order chi connectivity index (χ0) is 32.3. The molecule has 5 rings (SSSR count). The molecule has 0 saturated carbocycles. The smallest absolute Gasteiger partial charge is 0.410 e. The summed E-state index contributed by atoms with van der Waals surface area (Å²) in [4.78, 5) is 28.9. The van der Waals surface area contributed by atoms with Crippen LogP contribution < -0.4 is 15.6 Å². The molecule has 1 N–H and O–H groups in total. The van der Waals surface area contributed by atoms with Gasteiger partial charge in [0.05, 0.1) is 23.7 Å². The third-order valence-corrected chi connectivity index (χ3v) is 9.85. The summed E-state index contributed by atoms with van der Waals surface area (Å²) in [5.74, 6) is -0.202. The fraction of sp³-hybridized carbons (Fsp3) is 0.486. The lowest BCUT2D eigenvalue weighted by Crippen LogP contribution is -2.47. The topological polar surface area (TPSA) is 72.8 Å². The number of aromatic nitrogens is 1. The summed E-state index contributed by atoms with van der Waals surface area (Å²) in [5.41, 5.74) is 1.60. The number of pyridine rings is 1. The molecule has 7 nitrogen and oxygen atoms in total. The van der Waals surface area contributed by atoms with Crippen molar-refractivity contribution >= 4 is 17.9 Å². The third kappa shape index (κ3) is 7.22. The monoisotopic (exact) mass is 639 g/mol. The molecule has 1 saturated heterocycles. The van der Waals surface area contributed by atoms with Crippen LogP contribution in [0, 0.1) is 18.6 Å². The molecule has 0 aliphatic carbocycles. The first kappa shape index (κ1) is 33.0. The predicted molar refractivity (Wildman–Crippen MR) is 174 cm³/mol. The van der Waals surface area contributed by atoms with Gasteiger partial charge < -0.3 is 19.7 Å². The number of benzene rings is 2. The van der Waals surface area contributed by atoms with E-state index >= 15 is 4.39 Å². The van der Waals surface area contributed by atoms with Crippen LogP contribution in [0.5, 0.6) is 5.75 Å². The first-order chi connectivity index (χ1) is 21.5. The first-order valence-corrected chi connectivity index (χ1v) is 16.7. The number of rotatable bonds is 9. The highest BCUT2D eigenvalue weighted by Crippen LogP contribution is 2.40. The van der Waals surface area contributed by atoms with Crippen LogP contribution in [-0.2, 0) is 11.2 Å². The lowest BCUT2D eigenvalue weighted by Gasteiger charge is -2.37. The molecule has 3 heterocycles. The maximum Gasteiger partial charge on any atom is 0.410 e. The number of carbonyl (C=O) groups is 1. The molecule has 2 unspecified atom stereocenters. The molecule has 1 fully saturated rings. The largest absolute Gasteiger partial charge is 0.494 e. The van der Waals surface area contributed by atoms with E-state index in [1.165, 1.54) is 19.2 Å². The van der Waals surface area contributed by atoms with Gasteiger partial charge in [0.2, 0.25) is 0 Å². The number of piperidine rings is 1. The highest BCUT2D eigenvalue weighted by atomic mass is 32.2. The Labute approximate surface area is 268 Å². The summed E-state index contributed by atoms with van der Waals surface area (Å²) >= 11 is 1.58. The van der Waals surface area contributed by atoms with Crippen molar-refractivity contribution in [3.05, 3.63) is 81.1 Å². The van der Waals surface area contributed by atoms with E-state index < -0.39 is 11.4 Å².